The molecule has 0 aliphatic heterocycles. The normalized spacial score (nSPS) is 12.1. The van der Waals surface area contributed by atoms with Gasteiger partial charge in [-0.2, -0.15) is 0 Å². The van der Waals surface area contributed by atoms with E-state index < -0.39 is 0 Å². The molecule has 0 bridgehead atoms. The van der Waals surface area contributed by atoms with Crippen molar-refractivity contribution in [2.45, 2.75) is 0 Å². The van der Waals surface area contributed by atoms with Crippen molar-refractivity contribution in [1.82, 2.24) is 9.13 Å². The minimum absolute atomic E-state index is 0.254. The molecule has 2 nitrogen and oxygen atoms in total. The van der Waals surface area contributed by atoms with Gasteiger partial charge in [0.15, 0.2) is 0 Å². The summed E-state index contributed by atoms with van der Waals surface area (Å²) in [6, 6.07) is 46.9. The summed E-state index contributed by atoms with van der Waals surface area (Å²) >= 11 is 0.254. The van der Waals surface area contributed by atoms with Crippen LogP contribution in [0.1, 0.15) is 0 Å². The third kappa shape index (κ3) is 2.97. The predicted octanol–water partition coefficient (Wildman–Crippen LogP) is 9.24. The van der Waals surface area contributed by atoms with Gasteiger partial charge in [0.25, 0.3) is 0 Å². The number of benzene rings is 6. The van der Waals surface area contributed by atoms with Crippen LogP contribution >= 0.6 is 0 Å². The number of hydrogen-bond donors (Lipinski definition) is 0. The number of hydrogen-bond acceptors (Lipinski definition) is 0. The number of rotatable bonds is 2. The van der Waals surface area contributed by atoms with Crippen LogP contribution < -0.4 is 0 Å². The fourth-order valence-electron chi connectivity index (χ4n) is 6.38. The third-order valence-electron chi connectivity index (χ3n) is 8.12. The summed E-state index contributed by atoms with van der Waals surface area (Å²) in [5.74, 6) is 0. The second-order valence-electron chi connectivity index (χ2n) is 10.2. The van der Waals surface area contributed by atoms with Crippen LogP contribution in [0.25, 0.3) is 74.1 Å². The van der Waals surface area contributed by atoms with Crippen molar-refractivity contribution in [1.29, 1.82) is 0 Å². The van der Waals surface area contributed by atoms with E-state index >= 15 is 0 Å². The van der Waals surface area contributed by atoms with E-state index in [0.29, 0.717) is 0 Å². The molecule has 6 aromatic carbocycles. The minimum atomic E-state index is 0.254. The number of aromatic nitrogens is 2. The molecule has 3 heterocycles. The third-order valence-corrected chi connectivity index (χ3v) is 10.7. The van der Waals surface area contributed by atoms with Gasteiger partial charge < -0.3 is 0 Å². The van der Waals surface area contributed by atoms with Gasteiger partial charge in [-0.3, -0.25) is 0 Å². The summed E-state index contributed by atoms with van der Waals surface area (Å²) in [4.78, 5) is 0. The van der Waals surface area contributed by atoms with Crippen LogP contribution in [0.4, 0.5) is 0 Å². The molecule has 0 amide bonds. The number of para-hydroxylation sites is 1. The molecule has 9 rings (SSSR count). The maximum absolute atomic E-state index is 2.56. The number of nitrogens with zero attached hydrogens (tertiary/aromatic N) is 2. The van der Waals surface area contributed by atoms with Gasteiger partial charge in [0, 0.05) is 0 Å². The van der Waals surface area contributed by atoms with Crippen molar-refractivity contribution in [2.75, 3.05) is 0 Å². The Balaban J connectivity index is 1.49. The van der Waals surface area contributed by atoms with Crippen molar-refractivity contribution >= 4 is 77.3 Å². The van der Waals surface area contributed by atoms with Gasteiger partial charge in [-0.05, 0) is 0 Å². The molecule has 0 unspecified atom stereocenters. The van der Waals surface area contributed by atoms with Crippen molar-refractivity contribution in [3.8, 4) is 11.4 Å². The summed E-state index contributed by atoms with van der Waals surface area (Å²) in [7, 11) is 0. The summed E-state index contributed by atoms with van der Waals surface area (Å²) in [5.41, 5.74) is 6.26. The fraction of sp³-hybridized carbons (Fsp3) is 0. The molecule has 0 aliphatic rings. The van der Waals surface area contributed by atoms with E-state index in [1.807, 2.05) is 0 Å². The quantitative estimate of drug-likeness (QED) is 0.186. The standard InChI is InChI=1S/C36H22N2Se/c1-2-10-25(11-3-1)37-20-19-24-21-30-28-18-17-23-9-4-5-12-26(23)35(28)38(33(30)22-32(24)37)31-15-8-14-29-27-13-6-7-16-34(27)39-36(29)31/h1-22H. The Kier molecular flexibility index (Phi) is 4.37. The molecule has 182 valence electrons. The molecule has 0 N–H and O–H groups in total. The van der Waals surface area contributed by atoms with E-state index in [1.165, 1.54) is 74.1 Å². The molecule has 0 spiro atoms. The van der Waals surface area contributed by atoms with Crippen LogP contribution in [-0.4, -0.2) is 23.6 Å². The molecule has 0 radical (unpaired) electrons. The zero-order valence-electron chi connectivity index (χ0n) is 21.0. The Hall–Kier alpha value is -4.56. The summed E-state index contributed by atoms with van der Waals surface area (Å²) in [6.45, 7) is 0. The molecule has 3 heteroatoms. The molecule has 0 fully saturated rings. The van der Waals surface area contributed by atoms with Crippen LogP contribution in [0.2, 0.25) is 0 Å². The maximum atomic E-state index is 2.56. The summed E-state index contributed by atoms with van der Waals surface area (Å²) < 4.78 is 7.81. The Bertz CT molecular complexity index is 2390. The Morgan fingerprint density at radius 3 is 2.21 bits per heavy atom. The molecule has 0 atom stereocenters. The van der Waals surface area contributed by atoms with Crippen molar-refractivity contribution < 1.29 is 0 Å². The van der Waals surface area contributed by atoms with Crippen molar-refractivity contribution in [3.05, 3.63) is 134 Å². The molecule has 3 aromatic heterocycles. The molecular formula is C36H22N2Se. The SMILES string of the molecule is c1ccc(-n2ccc3cc4c5ccc6ccccc6c5n(-c5cccc6c5[se]c5ccccc56)c4cc32)cc1. The van der Waals surface area contributed by atoms with Gasteiger partial charge in [-0.1, -0.05) is 0 Å². The molecule has 9 aromatic rings. The second-order valence-corrected chi connectivity index (χ2v) is 12.4. The zero-order valence-corrected chi connectivity index (χ0v) is 22.7. The van der Waals surface area contributed by atoms with Crippen LogP contribution in [0.5, 0.6) is 0 Å². The Morgan fingerprint density at radius 2 is 1.28 bits per heavy atom. The van der Waals surface area contributed by atoms with E-state index in [0.717, 1.165) is 0 Å². The van der Waals surface area contributed by atoms with Gasteiger partial charge in [0.1, 0.15) is 0 Å². The van der Waals surface area contributed by atoms with Gasteiger partial charge in [-0.25, -0.2) is 0 Å². The fourth-order valence-corrected chi connectivity index (χ4v) is 8.91. The first-order valence-corrected chi connectivity index (χ1v) is 15.0. The van der Waals surface area contributed by atoms with E-state index in [9.17, 15) is 0 Å². The zero-order chi connectivity index (χ0) is 25.5. The Labute approximate surface area is 230 Å². The molecule has 0 aliphatic carbocycles. The van der Waals surface area contributed by atoms with E-state index in [1.54, 1.807) is 0 Å². The van der Waals surface area contributed by atoms with Crippen LogP contribution in [0.3, 0.4) is 0 Å². The first kappa shape index (κ1) is 21.4. The first-order chi connectivity index (χ1) is 19.3. The summed E-state index contributed by atoms with van der Waals surface area (Å²) in [5, 5.41) is 9.20. The molecule has 39 heavy (non-hydrogen) atoms. The average molecular weight is 562 g/mol. The van der Waals surface area contributed by atoms with Crippen LogP contribution in [0.15, 0.2) is 134 Å². The monoisotopic (exact) mass is 562 g/mol. The van der Waals surface area contributed by atoms with Gasteiger partial charge >= 0.3 is 231 Å². The van der Waals surface area contributed by atoms with Gasteiger partial charge in [0.05, 0.1) is 0 Å². The van der Waals surface area contributed by atoms with E-state index in [-0.39, 0.29) is 14.5 Å². The van der Waals surface area contributed by atoms with Gasteiger partial charge in [0.2, 0.25) is 0 Å². The van der Waals surface area contributed by atoms with Crippen molar-refractivity contribution in [2.24, 2.45) is 0 Å². The molecule has 0 saturated heterocycles. The van der Waals surface area contributed by atoms with E-state index in [4.69, 9.17) is 0 Å². The predicted molar refractivity (Wildman–Crippen MR) is 167 cm³/mol. The van der Waals surface area contributed by atoms with E-state index in [2.05, 4.69) is 143 Å². The van der Waals surface area contributed by atoms with Crippen LogP contribution in [0, 0.1) is 0 Å². The van der Waals surface area contributed by atoms with Crippen LogP contribution in [-0.2, 0) is 0 Å². The molecular weight excluding hydrogens is 539 g/mol. The molecule has 0 saturated carbocycles. The topological polar surface area (TPSA) is 9.86 Å². The number of fused-ring (bicyclic) bond motifs is 9. The van der Waals surface area contributed by atoms with Crippen molar-refractivity contribution in [3.63, 3.8) is 0 Å². The second kappa shape index (κ2) is 7.97. The summed E-state index contributed by atoms with van der Waals surface area (Å²) in [6.07, 6.45) is 2.20. The average Bonchev–Trinajstić information content (AvgIpc) is 3.68. The Morgan fingerprint density at radius 1 is 0.487 bits per heavy atom. The first-order valence-electron chi connectivity index (χ1n) is 13.3. The van der Waals surface area contributed by atoms with Gasteiger partial charge in [-0.15, -0.1) is 0 Å².